The van der Waals surface area contributed by atoms with Gasteiger partial charge in [-0.2, -0.15) is 0 Å². The third-order valence-corrected chi connectivity index (χ3v) is 7.04. The highest BCUT2D eigenvalue weighted by molar-refractivity contribution is 5.79. The molecule has 5 rings (SSSR count). The summed E-state index contributed by atoms with van der Waals surface area (Å²) >= 11 is 0. The van der Waals surface area contributed by atoms with Crippen molar-refractivity contribution in [2.24, 2.45) is 11.8 Å². The maximum absolute atomic E-state index is 13.1. The third kappa shape index (κ3) is 4.43. The van der Waals surface area contributed by atoms with Crippen molar-refractivity contribution in [2.45, 2.75) is 12.0 Å². The van der Waals surface area contributed by atoms with Gasteiger partial charge in [0.05, 0.1) is 26.7 Å². The molecular formula is C26H30N2O9. The Morgan fingerprint density at radius 1 is 1.05 bits per heavy atom. The van der Waals surface area contributed by atoms with Gasteiger partial charge >= 0.3 is 12.1 Å². The quantitative estimate of drug-likeness (QED) is 0.532. The summed E-state index contributed by atoms with van der Waals surface area (Å²) in [5.74, 6) is -0.685. The second-order valence-electron chi connectivity index (χ2n) is 9.46. The number of phenols is 1. The number of alkyl carbamates (subject to hydrolysis) is 1. The van der Waals surface area contributed by atoms with Crippen molar-refractivity contribution >= 4 is 12.1 Å². The lowest BCUT2D eigenvalue weighted by Gasteiger charge is -2.38. The van der Waals surface area contributed by atoms with Crippen molar-refractivity contribution in [3.8, 4) is 28.7 Å². The summed E-state index contributed by atoms with van der Waals surface area (Å²) in [5, 5.41) is 13.2. The number of phenolic OH excluding ortho intramolecular Hbond substituents is 1. The van der Waals surface area contributed by atoms with Crippen LogP contribution in [0.4, 0.5) is 4.79 Å². The van der Waals surface area contributed by atoms with Crippen LogP contribution in [0.3, 0.4) is 0 Å². The number of nitrogens with one attached hydrogen (secondary N) is 1. The molecule has 1 fully saturated rings. The number of amides is 1. The highest BCUT2D eigenvalue weighted by Gasteiger charge is 2.54. The highest BCUT2D eigenvalue weighted by atomic mass is 16.7. The zero-order chi connectivity index (χ0) is 26.3. The van der Waals surface area contributed by atoms with Crippen LogP contribution in [0.2, 0.25) is 0 Å². The average molecular weight is 515 g/mol. The Bertz CT molecular complexity index is 1190. The van der Waals surface area contributed by atoms with Gasteiger partial charge < -0.3 is 43.7 Å². The first-order valence-corrected chi connectivity index (χ1v) is 12.0. The Balaban J connectivity index is 1.61. The number of carbonyl (C=O) groups excluding carboxylic acids is 2. The van der Waals surface area contributed by atoms with E-state index in [-0.39, 0.29) is 30.6 Å². The topological polar surface area (TPSA) is 125 Å². The van der Waals surface area contributed by atoms with Crippen LogP contribution >= 0.6 is 0 Å². The molecule has 2 aromatic carbocycles. The van der Waals surface area contributed by atoms with Gasteiger partial charge in [-0.25, -0.2) is 4.79 Å². The lowest BCUT2D eigenvalue weighted by Crippen LogP contribution is -2.39. The molecule has 11 nitrogen and oxygen atoms in total. The van der Waals surface area contributed by atoms with E-state index in [0.29, 0.717) is 35.7 Å². The minimum Gasteiger partial charge on any atom is -0.502 e. The number of cyclic esters (lactones) is 1. The van der Waals surface area contributed by atoms with Crippen LogP contribution in [0.5, 0.6) is 28.7 Å². The van der Waals surface area contributed by atoms with Crippen molar-refractivity contribution in [2.75, 3.05) is 54.8 Å². The number of aromatic hydroxyl groups is 1. The van der Waals surface area contributed by atoms with Gasteiger partial charge in [-0.1, -0.05) is 0 Å². The lowest BCUT2D eigenvalue weighted by molar-refractivity contribution is -0.141. The molecule has 198 valence electrons. The van der Waals surface area contributed by atoms with E-state index < -0.39 is 35.9 Å². The summed E-state index contributed by atoms with van der Waals surface area (Å²) in [6, 6.07) is 6.97. The Kier molecular flexibility index (Phi) is 6.63. The van der Waals surface area contributed by atoms with Crippen LogP contribution in [0.25, 0.3) is 0 Å². The summed E-state index contributed by atoms with van der Waals surface area (Å²) in [6.45, 7) is 1.21. The predicted molar refractivity (Wildman–Crippen MR) is 129 cm³/mol. The molecule has 0 bridgehead atoms. The Labute approximate surface area is 214 Å². The summed E-state index contributed by atoms with van der Waals surface area (Å²) in [5.41, 5.74) is 2.10. The first-order chi connectivity index (χ1) is 17.8. The number of nitrogens with zero attached hydrogens (tertiary/aromatic N) is 1. The molecule has 1 amide bonds. The molecule has 0 saturated carbocycles. The molecule has 0 spiro atoms. The fraction of sp³-hybridized carbons (Fsp3) is 0.462. The standard InChI is InChI=1S/C26H30N2O9/c1-28(2)6-5-27-26(31)37-24-15-10-18-17(35-12-36-18)9-14(15)21(22-16(24)11-34-25(22)30)13-7-19(32-3)23(29)20(8-13)33-4/h7-10,16,21-22,24,29H,5-6,11-12H2,1-4H3,(H,27,31). The summed E-state index contributed by atoms with van der Waals surface area (Å²) in [6.07, 6.45) is -1.34. The largest absolute Gasteiger partial charge is 0.502 e. The fourth-order valence-corrected chi connectivity index (χ4v) is 5.29. The van der Waals surface area contributed by atoms with Gasteiger partial charge in [0.1, 0.15) is 6.10 Å². The molecule has 4 unspecified atom stereocenters. The Hall–Kier alpha value is -3.86. The third-order valence-electron chi connectivity index (χ3n) is 7.04. The Morgan fingerprint density at radius 3 is 2.32 bits per heavy atom. The first kappa shape index (κ1) is 24.8. The zero-order valence-electron chi connectivity index (χ0n) is 21.1. The molecule has 11 heteroatoms. The van der Waals surface area contributed by atoms with Gasteiger partial charge in [-0.15, -0.1) is 0 Å². The maximum Gasteiger partial charge on any atom is 0.407 e. The smallest absolute Gasteiger partial charge is 0.407 e. The number of ether oxygens (including phenoxy) is 6. The first-order valence-electron chi connectivity index (χ1n) is 12.0. The second-order valence-corrected chi connectivity index (χ2v) is 9.46. The van der Waals surface area contributed by atoms with E-state index in [2.05, 4.69) is 5.32 Å². The van der Waals surface area contributed by atoms with E-state index in [1.807, 2.05) is 25.1 Å². The van der Waals surface area contributed by atoms with E-state index >= 15 is 0 Å². The highest BCUT2D eigenvalue weighted by Crippen LogP contribution is 2.56. The number of methoxy groups -OCH3 is 2. The fourth-order valence-electron chi connectivity index (χ4n) is 5.29. The van der Waals surface area contributed by atoms with E-state index in [9.17, 15) is 14.7 Å². The molecule has 2 N–H and O–H groups in total. The number of carbonyl (C=O) groups is 2. The number of fused-ring (bicyclic) bond motifs is 3. The maximum atomic E-state index is 13.1. The van der Waals surface area contributed by atoms with Crippen LogP contribution in [-0.2, 0) is 14.3 Å². The number of benzene rings is 2. The molecule has 1 saturated heterocycles. The molecular weight excluding hydrogens is 484 g/mol. The molecule has 37 heavy (non-hydrogen) atoms. The van der Waals surface area contributed by atoms with Crippen molar-refractivity contribution in [1.82, 2.24) is 10.2 Å². The van der Waals surface area contributed by atoms with Crippen molar-refractivity contribution < 1.29 is 43.1 Å². The molecule has 3 aliphatic rings. The second kappa shape index (κ2) is 9.89. The van der Waals surface area contributed by atoms with Gasteiger partial charge in [-0.05, 0) is 49.5 Å². The number of hydrogen-bond donors (Lipinski definition) is 2. The number of likely N-dealkylation sites (N-methyl/N-ethyl adjacent to an activating group) is 1. The average Bonchev–Trinajstić information content (AvgIpc) is 3.49. The van der Waals surface area contributed by atoms with E-state index in [4.69, 9.17) is 28.4 Å². The summed E-state index contributed by atoms with van der Waals surface area (Å²) in [7, 11) is 6.70. The molecule has 2 aliphatic heterocycles. The van der Waals surface area contributed by atoms with Crippen molar-refractivity contribution in [1.29, 1.82) is 0 Å². The number of esters is 1. The molecule has 2 heterocycles. The lowest BCUT2D eigenvalue weighted by atomic mass is 9.66. The van der Waals surface area contributed by atoms with Crippen LogP contribution in [-0.4, -0.2) is 76.9 Å². The van der Waals surface area contributed by atoms with Crippen molar-refractivity contribution in [3.63, 3.8) is 0 Å². The molecule has 2 aromatic rings. The van der Waals surface area contributed by atoms with Gasteiger partial charge in [0.25, 0.3) is 0 Å². The molecule has 0 aromatic heterocycles. The zero-order valence-corrected chi connectivity index (χ0v) is 21.1. The van der Waals surface area contributed by atoms with E-state index in [0.717, 1.165) is 5.56 Å². The van der Waals surface area contributed by atoms with Gasteiger partial charge in [0.15, 0.2) is 23.0 Å². The van der Waals surface area contributed by atoms with E-state index in [1.54, 1.807) is 18.2 Å². The van der Waals surface area contributed by atoms with Crippen molar-refractivity contribution in [3.05, 3.63) is 41.0 Å². The molecule has 0 radical (unpaired) electrons. The Morgan fingerprint density at radius 2 is 1.70 bits per heavy atom. The number of hydrogen-bond acceptors (Lipinski definition) is 10. The summed E-state index contributed by atoms with van der Waals surface area (Å²) in [4.78, 5) is 27.9. The van der Waals surface area contributed by atoms with E-state index in [1.165, 1.54) is 14.2 Å². The molecule has 1 aliphatic carbocycles. The predicted octanol–water partition coefficient (Wildman–Crippen LogP) is 2.40. The normalized spacial score (nSPS) is 23.2. The van der Waals surface area contributed by atoms with Crippen LogP contribution in [0.1, 0.15) is 28.7 Å². The SMILES string of the molecule is COc1cc(C2c3cc4c(cc3C(OC(=O)NCCN(C)C)C3COC(=O)C23)OCO4)cc(OC)c1O. The van der Waals surface area contributed by atoms with Crippen LogP contribution in [0.15, 0.2) is 24.3 Å². The minimum atomic E-state index is -0.752. The van der Waals surface area contributed by atoms with Crippen LogP contribution in [0, 0.1) is 11.8 Å². The number of rotatable bonds is 7. The van der Waals surface area contributed by atoms with Crippen LogP contribution < -0.4 is 24.3 Å². The minimum absolute atomic E-state index is 0.0647. The van der Waals surface area contributed by atoms with Gasteiger partial charge in [0.2, 0.25) is 12.5 Å². The molecule has 4 atom stereocenters. The van der Waals surface area contributed by atoms with Gasteiger partial charge in [-0.3, -0.25) is 4.79 Å². The monoisotopic (exact) mass is 514 g/mol. The summed E-state index contributed by atoms with van der Waals surface area (Å²) < 4.78 is 33.4. The van der Waals surface area contributed by atoms with Gasteiger partial charge in [0, 0.05) is 30.5 Å².